The van der Waals surface area contributed by atoms with Crippen molar-refractivity contribution in [3.63, 3.8) is 0 Å². The van der Waals surface area contributed by atoms with E-state index in [0.717, 1.165) is 5.69 Å². The lowest BCUT2D eigenvalue weighted by Crippen LogP contribution is -2.56. The number of carbonyl (C=O) groups is 1. The Hall–Kier alpha value is -0.750. The predicted octanol–water partition coefficient (Wildman–Crippen LogP) is 3.83. The van der Waals surface area contributed by atoms with Crippen LogP contribution in [-0.2, 0) is 4.79 Å². The summed E-state index contributed by atoms with van der Waals surface area (Å²) >= 11 is 22.9. The normalized spacial score (nSPS) is 12.6. The highest BCUT2D eigenvalue weighted by Crippen LogP contribution is 2.29. The molecule has 8 heteroatoms. The standard InChI is InChI=1S/C14H18Cl3N3OS/c1-9(2)8-11(21)19-12(14(15,16)17)20-13(22)18-10-6-4-3-5-7-10/h3-7,9,12H,8H2,1-2H3,(H,19,21)(H2,18,20,22)/t12-/m0/s1. The molecule has 1 atom stereocenters. The van der Waals surface area contributed by atoms with Crippen LogP contribution in [-0.4, -0.2) is 21.0 Å². The summed E-state index contributed by atoms with van der Waals surface area (Å²) < 4.78 is -1.74. The van der Waals surface area contributed by atoms with Crippen LogP contribution in [0.4, 0.5) is 5.69 Å². The zero-order valence-electron chi connectivity index (χ0n) is 12.2. The van der Waals surface area contributed by atoms with Gasteiger partial charge in [0.05, 0.1) is 0 Å². The zero-order valence-corrected chi connectivity index (χ0v) is 15.3. The molecule has 1 aromatic rings. The molecule has 0 fully saturated rings. The Morgan fingerprint density at radius 2 is 1.77 bits per heavy atom. The molecule has 4 nitrogen and oxygen atoms in total. The Bertz CT molecular complexity index is 506. The number of carbonyl (C=O) groups excluding carboxylic acids is 1. The summed E-state index contributed by atoms with van der Waals surface area (Å²) in [5.41, 5.74) is 0.788. The van der Waals surface area contributed by atoms with Gasteiger partial charge in [-0.3, -0.25) is 4.79 Å². The van der Waals surface area contributed by atoms with Crippen molar-refractivity contribution in [2.45, 2.75) is 30.2 Å². The van der Waals surface area contributed by atoms with E-state index in [4.69, 9.17) is 47.0 Å². The average molecular weight is 383 g/mol. The molecule has 22 heavy (non-hydrogen) atoms. The smallest absolute Gasteiger partial charge is 0.228 e. The highest BCUT2D eigenvalue weighted by molar-refractivity contribution is 7.80. The number of benzene rings is 1. The van der Waals surface area contributed by atoms with Crippen LogP contribution < -0.4 is 16.0 Å². The molecule has 1 amide bonds. The topological polar surface area (TPSA) is 53.2 Å². The second kappa shape index (κ2) is 8.77. The lowest BCUT2D eigenvalue weighted by atomic mass is 10.1. The van der Waals surface area contributed by atoms with Gasteiger partial charge >= 0.3 is 0 Å². The van der Waals surface area contributed by atoms with Gasteiger partial charge in [0.25, 0.3) is 0 Å². The first-order valence-electron chi connectivity index (χ1n) is 6.67. The Morgan fingerprint density at radius 1 is 1.18 bits per heavy atom. The van der Waals surface area contributed by atoms with E-state index in [1.165, 1.54) is 0 Å². The maximum Gasteiger partial charge on any atom is 0.228 e. The van der Waals surface area contributed by atoms with Crippen LogP contribution in [0, 0.1) is 5.92 Å². The molecule has 122 valence electrons. The highest BCUT2D eigenvalue weighted by atomic mass is 35.6. The molecule has 0 unspecified atom stereocenters. The van der Waals surface area contributed by atoms with Crippen LogP contribution in [0.15, 0.2) is 30.3 Å². The third-order valence-corrected chi connectivity index (χ3v) is 3.41. The van der Waals surface area contributed by atoms with Gasteiger partial charge in [-0.1, -0.05) is 66.8 Å². The number of hydrogen-bond acceptors (Lipinski definition) is 2. The lowest BCUT2D eigenvalue weighted by Gasteiger charge is -2.28. The Kier molecular flexibility index (Phi) is 7.69. The summed E-state index contributed by atoms with van der Waals surface area (Å²) in [6, 6.07) is 9.30. The molecule has 0 aliphatic rings. The van der Waals surface area contributed by atoms with Crippen molar-refractivity contribution >= 4 is 63.7 Å². The quantitative estimate of drug-likeness (QED) is 0.411. The van der Waals surface area contributed by atoms with E-state index in [9.17, 15) is 4.79 Å². The minimum atomic E-state index is -1.74. The van der Waals surface area contributed by atoms with Gasteiger partial charge in [0, 0.05) is 12.1 Å². The summed E-state index contributed by atoms with van der Waals surface area (Å²) in [7, 11) is 0. The van der Waals surface area contributed by atoms with E-state index in [1.807, 2.05) is 44.2 Å². The molecule has 0 aliphatic heterocycles. The number of alkyl halides is 3. The lowest BCUT2D eigenvalue weighted by molar-refractivity contribution is -0.122. The second-order valence-corrected chi connectivity index (χ2v) is 7.88. The minimum Gasteiger partial charge on any atom is -0.339 e. The highest BCUT2D eigenvalue weighted by Gasteiger charge is 2.34. The Labute approximate surface area is 150 Å². The van der Waals surface area contributed by atoms with Gasteiger partial charge in [-0.25, -0.2) is 0 Å². The third-order valence-electron chi connectivity index (χ3n) is 2.53. The molecule has 3 N–H and O–H groups in total. The van der Waals surface area contributed by atoms with Gasteiger partial charge in [-0.05, 0) is 30.3 Å². The fraction of sp³-hybridized carbons (Fsp3) is 0.429. The summed E-state index contributed by atoms with van der Waals surface area (Å²) in [6.45, 7) is 3.86. The van der Waals surface area contributed by atoms with E-state index in [1.54, 1.807) is 0 Å². The molecule has 1 rings (SSSR count). The maximum atomic E-state index is 11.9. The first kappa shape index (κ1) is 19.3. The van der Waals surface area contributed by atoms with Gasteiger partial charge in [0.2, 0.25) is 9.70 Å². The van der Waals surface area contributed by atoms with E-state index >= 15 is 0 Å². The van der Waals surface area contributed by atoms with E-state index in [0.29, 0.717) is 6.42 Å². The van der Waals surface area contributed by atoms with Crippen molar-refractivity contribution in [1.29, 1.82) is 0 Å². The van der Waals surface area contributed by atoms with E-state index < -0.39 is 9.96 Å². The predicted molar refractivity (Wildman–Crippen MR) is 97.5 cm³/mol. The number of anilines is 1. The van der Waals surface area contributed by atoms with Crippen molar-refractivity contribution in [3.05, 3.63) is 30.3 Å². The number of hydrogen-bond donors (Lipinski definition) is 3. The molecule has 1 aromatic carbocycles. The van der Waals surface area contributed by atoms with Crippen LogP contribution in [0.2, 0.25) is 0 Å². The van der Waals surface area contributed by atoms with Crippen molar-refractivity contribution in [2.75, 3.05) is 5.32 Å². The Balaban J connectivity index is 2.65. The molecule has 0 radical (unpaired) electrons. The number of halogens is 3. The van der Waals surface area contributed by atoms with Crippen LogP contribution in [0.1, 0.15) is 20.3 Å². The molecule has 0 bridgehead atoms. The molecular formula is C14H18Cl3N3OS. The van der Waals surface area contributed by atoms with Crippen molar-refractivity contribution < 1.29 is 4.79 Å². The van der Waals surface area contributed by atoms with Crippen LogP contribution in [0.25, 0.3) is 0 Å². The summed E-state index contributed by atoms with van der Waals surface area (Å²) in [4.78, 5) is 11.9. The first-order chi connectivity index (χ1) is 10.2. The second-order valence-electron chi connectivity index (χ2n) is 5.10. The minimum absolute atomic E-state index is 0.199. The first-order valence-corrected chi connectivity index (χ1v) is 8.21. The van der Waals surface area contributed by atoms with Gasteiger partial charge in [0.1, 0.15) is 6.17 Å². The van der Waals surface area contributed by atoms with Crippen LogP contribution in [0.3, 0.4) is 0 Å². The van der Waals surface area contributed by atoms with Gasteiger partial charge < -0.3 is 16.0 Å². The summed E-state index contributed by atoms with van der Waals surface area (Å²) in [6.07, 6.45) is -0.606. The van der Waals surface area contributed by atoms with Gasteiger partial charge in [-0.2, -0.15) is 0 Å². The Morgan fingerprint density at radius 3 is 2.27 bits per heavy atom. The molecule has 0 spiro atoms. The molecule has 0 heterocycles. The fourth-order valence-corrected chi connectivity index (χ4v) is 2.17. The number of rotatable bonds is 5. The largest absolute Gasteiger partial charge is 0.339 e. The van der Waals surface area contributed by atoms with E-state index in [2.05, 4.69) is 16.0 Å². The van der Waals surface area contributed by atoms with Gasteiger partial charge in [-0.15, -0.1) is 0 Å². The number of thiocarbonyl (C=S) groups is 1. The zero-order chi connectivity index (χ0) is 16.8. The molecule has 0 aliphatic carbocycles. The molecule has 0 saturated carbocycles. The van der Waals surface area contributed by atoms with Crippen LogP contribution in [0.5, 0.6) is 0 Å². The number of amides is 1. The fourth-order valence-electron chi connectivity index (χ4n) is 1.61. The maximum absolute atomic E-state index is 11.9. The SMILES string of the molecule is CC(C)CC(=O)N[C@@H](NC(=S)Nc1ccccc1)C(Cl)(Cl)Cl. The molecule has 0 saturated heterocycles. The van der Waals surface area contributed by atoms with Crippen molar-refractivity contribution in [3.8, 4) is 0 Å². The number of nitrogens with one attached hydrogen (secondary N) is 3. The monoisotopic (exact) mass is 381 g/mol. The van der Waals surface area contributed by atoms with E-state index in [-0.39, 0.29) is 16.9 Å². The summed E-state index contributed by atoms with van der Waals surface area (Å²) in [5.74, 6) is -0.0215. The van der Waals surface area contributed by atoms with Crippen molar-refractivity contribution in [1.82, 2.24) is 10.6 Å². The number of para-hydroxylation sites is 1. The third kappa shape index (κ3) is 7.49. The molecular weight excluding hydrogens is 365 g/mol. The van der Waals surface area contributed by atoms with Crippen LogP contribution >= 0.6 is 47.0 Å². The summed E-state index contributed by atoms with van der Waals surface area (Å²) in [5, 5.41) is 8.63. The average Bonchev–Trinajstić information content (AvgIpc) is 2.37. The van der Waals surface area contributed by atoms with Crippen molar-refractivity contribution in [2.24, 2.45) is 5.92 Å². The van der Waals surface area contributed by atoms with Gasteiger partial charge in [0.15, 0.2) is 5.11 Å². The molecule has 0 aromatic heterocycles.